The quantitative estimate of drug-likeness (QED) is 0.904. The molecule has 0 aliphatic carbocycles. The van der Waals surface area contributed by atoms with E-state index in [-0.39, 0.29) is 18.2 Å². The molecule has 24 heavy (non-hydrogen) atoms. The van der Waals surface area contributed by atoms with Crippen molar-refractivity contribution in [1.82, 2.24) is 14.7 Å². The minimum Gasteiger partial charge on any atom is -0.375 e. The van der Waals surface area contributed by atoms with Crippen LogP contribution in [0.25, 0.3) is 5.69 Å². The summed E-state index contributed by atoms with van der Waals surface area (Å²) in [4.78, 5) is 14.4. The smallest absolute Gasteiger partial charge is 0.322 e. The van der Waals surface area contributed by atoms with Crippen LogP contribution < -0.4 is 5.32 Å². The highest BCUT2D eigenvalue weighted by Crippen LogP contribution is 2.22. The summed E-state index contributed by atoms with van der Waals surface area (Å²) in [5.74, 6) is 0. The summed E-state index contributed by atoms with van der Waals surface area (Å²) >= 11 is 6.04. The van der Waals surface area contributed by atoms with Gasteiger partial charge in [-0.25, -0.2) is 9.48 Å². The fraction of sp³-hybridized carbons (Fsp3) is 0.412. The average Bonchev–Trinajstić information content (AvgIpc) is 2.91. The monoisotopic (exact) mass is 348 g/mol. The number of carbonyl (C=O) groups excluding carboxylic acids is 1. The van der Waals surface area contributed by atoms with Gasteiger partial charge in [-0.1, -0.05) is 17.7 Å². The summed E-state index contributed by atoms with van der Waals surface area (Å²) < 4.78 is 7.32. The first-order valence-electron chi connectivity index (χ1n) is 7.97. The van der Waals surface area contributed by atoms with Gasteiger partial charge in [0.15, 0.2) is 0 Å². The molecular formula is C17H21ClN4O2. The number of morpholine rings is 1. The summed E-state index contributed by atoms with van der Waals surface area (Å²) in [5, 5.41) is 7.95. The number of rotatable bonds is 2. The van der Waals surface area contributed by atoms with Gasteiger partial charge in [0.25, 0.3) is 0 Å². The van der Waals surface area contributed by atoms with Crippen molar-refractivity contribution in [3.8, 4) is 5.69 Å². The Labute approximate surface area is 146 Å². The first-order valence-corrected chi connectivity index (χ1v) is 8.35. The van der Waals surface area contributed by atoms with Crippen LogP contribution >= 0.6 is 11.6 Å². The van der Waals surface area contributed by atoms with Gasteiger partial charge in [-0.3, -0.25) is 0 Å². The second-order valence-corrected chi connectivity index (χ2v) is 6.41. The molecule has 1 aliphatic rings. The molecule has 0 unspecified atom stereocenters. The topological polar surface area (TPSA) is 59.4 Å². The van der Waals surface area contributed by atoms with E-state index in [1.165, 1.54) is 0 Å². The van der Waals surface area contributed by atoms with Crippen LogP contribution in [-0.4, -0.2) is 46.0 Å². The molecule has 1 aliphatic heterocycles. The molecule has 128 valence electrons. The van der Waals surface area contributed by atoms with Crippen molar-refractivity contribution >= 4 is 23.3 Å². The predicted octanol–water partition coefficient (Wildman–Crippen LogP) is 3.48. The number of benzene rings is 1. The van der Waals surface area contributed by atoms with Gasteiger partial charge in [0.05, 0.1) is 42.0 Å². The molecule has 0 spiro atoms. The van der Waals surface area contributed by atoms with Crippen molar-refractivity contribution in [2.75, 3.05) is 18.5 Å². The lowest BCUT2D eigenvalue weighted by Crippen LogP contribution is -2.52. The third-order valence-electron chi connectivity index (χ3n) is 4.45. The van der Waals surface area contributed by atoms with Crippen molar-refractivity contribution in [1.29, 1.82) is 0 Å². The SMILES string of the molecule is Cc1c(NC(=O)N2CCO[C@@H](C)[C@@H]2C)cnn1-c1cccc(Cl)c1. The number of anilines is 1. The molecule has 1 aromatic carbocycles. The summed E-state index contributed by atoms with van der Waals surface area (Å²) in [5.41, 5.74) is 2.39. The van der Waals surface area contributed by atoms with E-state index in [4.69, 9.17) is 16.3 Å². The van der Waals surface area contributed by atoms with E-state index in [1.807, 2.05) is 45.0 Å². The molecule has 2 atom stereocenters. The van der Waals surface area contributed by atoms with Crippen molar-refractivity contribution in [3.05, 3.63) is 41.2 Å². The first kappa shape index (κ1) is 16.8. The number of hydrogen-bond donors (Lipinski definition) is 1. The number of carbonyl (C=O) groups is 1. The molecule has 3 rings (SSSR count). The van der Waals surface area contributed by atoms with Crippen LogP contribution in [0.3, 0.4) is 0 Å². The largest absolute Gasteiger partial charge is 0.375 e. The van der Waals surface area contributed by atoms with E-state index in [0.717, 1.165) is 11.4 Å². The van der Waals surface area contributed by atoms with Crippen LogP contribution in [0.5, 0.6) is 0 Å². The summed E-state index contributed by atoms with van der Waals surface area (Å²) in [6.45, 7) is 7.02. The Bertz CT molecular complexity index is 746. The van der Waals surface area contributed by atoms with Gasteiger partial charge in [0, 0.05) is 11.6 Å². The molecule has 1 fully saturated rings. The normalized spacial score (nSPS) is 20.9. The van der Waals surface area contributed by atoms with Crippen LogP contribution in [0.15, 0.2) is 30.5 Å². The zero-order valence-corrected chi connectivity index (χ0v) is 14.7. The lowest BCUT2D eigenvalue weighted by Gasteiger charge is -2.37. The third-order valence-corrected chi connectivity index (χ3v) is 4.68. The van der Waals surface area contributed by atoms with Gasteiger partial charge in [0.2, 0.25) is 0 Å². The van der Waals surface area contributed by atoms with E-state index in [0.29, 0.717) is 23.9 Å². The zero-order chi connectivity index (χ0) is 17.3. The Balaban J connectivity index is 1.78. The lowest BCUT2D eigenvalue weighted by molar-refractivity contribution is -0.0355. The van der Waals surface area contributed by atoms with E-state index in [9.17, 15) is 4.79 Å². The first-order chi connectivity index (χ1) is 11.5. The Morgan fingerprint density at radius 3 is 2.96 bits per heavy atom. The van der Waals surface area contributed by atoms with Crippen LogP contribution in [0.1, 0.15) is 19.5 Å². The molecule has 0 bridgehead atoms. The van der Waals surface area contributed by atoms with Gasteiger partial charge in [-0.05, 0) is 39.0 Å². The van der Waals surface area contributed by atoms with Gasteiger partial charge < -0.3 is 15.0 Å². The van der Waals surface area contributed by atoms with Gasteiger partial charge in [0.1, 0.15) is 0 Å². The molecule has 0 saturated carbocycles. The molecule has 2 amide bonds. The molecule has 2 heterocycles. The number of halogens is 1. The van der Waals surface area contributed by atoms with Gasteiger partial charge in [-0.2, -0.15) is 5.10 Å². The number of ether oxygens (including phenoxy) is 1. The number of nitrogens with zero attached hydrogens (tertiary/aromatic N) is 3. The van der Waals surface area contributed by atoms with Crippen molar-refractivity contribution in [3.63, 3.8) is 0 Å². The van der Waals surface area contributed by atoms with Crippen LogP contribution in [-0.2, 0) is 4.74 Å². The number of aromatic nitrogens is 2. The molecule has 1 N–H and O–H groups in total. The van der Waals surface area contributed by atoms with Gasteiger partial charge in [-0.15, -0.1) is 0 Å². The highest BCUT2D eigenvalue weighted by molar-refractivity contribution is 6.30. The standard InChI is InChI=1S/C17H21ClN4O2/c1-11-13(3)24-8-7-21(11)17(23)20-16-10-19-22(12(16)2)15-6-4-5-14(18)9-15/h4-6,9-11,13H,7-8H2,1-3H3,(H,20,23)/t11-,13-/m0/s1. The fourth-order valence-electron chi connectivity index (χ4n) is 2.81. The molecule has 1 aromatic heterocycles. The number of amides is 2. The van der Waals surface area contributed by atoms with Crippen molar-refractivity contribution in [2.45, 2.75) is 32.9 Å². The maximum absolute atomic E-state index is 12.6. The van der Waals surface area contributed by atoms with Crippen LogP contribution in [0.2, 0.25) is 5.02 Å². The number of nitrogens with one attached hydrogen (secondary N) is 1. The van der Waals surface area contributed by atoms with Gasteiger partial charge >= 0.3 is 6.03 Å². The van der Waals surface area contributed by atoms with E-state index >= 15 is 0 Å². The third kappa shape index (κ3) is 3.25. The summed E-state index contributed by atoms with van der Waals surface area (Å²) in [6, 6.07) is 7.33. The summed E-state index contributed by atoms with van der Waals surface area (Å²) in [7, 11) is 0. The highest BCUT2D eigenvalue weighted by Gasteiger charge is 2.29. The maximum Gasteiger partial charge on any atom is 0.322 e. The highest BCUT2D eigenvalue weighted by atomic mass is 35.5. The van der Waals surface area contributed by atoms with E-state index in [2.05, 4.69) is 10.4 Å². The van der Waals surface area contributed by atoms with E-state index in [1.54, 1.807) is 15.8 Å². The van der Waals surface area contributed by atoms with Crippen LogP contribution in [0, 0.1) is 6.92 Å². The van der Waals surface area contributed by atoms with Crippen molar-refractivity contribution in [2.24, 2.45) is 0 Å². The second kappa shape index (κ2) is 6.83. The Morgan fingerprint density at radius 2 is 2.21 bits per heavy atom. The molecule has 0 radical (unpaired) electrons. The average molecular weight is 349 g/mol. The minimum absolute atomic E-state index is 0.0276. The Morgan fingerprint density at radius 1 is 1.42 bits per heavy atom. The minimum atomic E-state index is -0.133. The zero-order valence-electron chi connectivity index (χ0n) is 14.0. The lowest BCUT2D eigenvalue weighted by atomic mass is 10.1. The van der Waals surface area contributed by atoms with E-state index < -0.39 is 0 Å². The Kier molecular flexibility index (Phi) is 4.78. The number of hydrogen-bond acceptors (Lipinski definition) is 3. The maximum atomic E-state index is 12.6. The predicted molar refractivity (Wildman–Crippen MR) is 93.9 cm³/mol. The Hall–Kier alpha value is -2.05. The molecule has 7 heteroatoms. The molecular weight excluding hydrogens is 328 g/mol. The molecule has 2 aromatic rings. The number of urea groups is 1. The van der Waals surface area contributed by atoms with Crippen LogP contribution in [0.4, 0.5) is 10.5 Å². The molecule has 6 nitrogen and oxygen atoms in total. The molecule has 1 saturated heterocycles. The van der Waals surface area contributed by atoms with Crippen molar-refractivity contribution < 1.29 is 9.53 Å². The fourth-order valence-corrected chi connectivity index (χ4v) is 2.99. The summed E-state index contributed by atoms with van der Waals surface area (Å²) in [6.07, 6.45) is 1.68. The second-order valence-electron chi connectivity index (χ2n) is 5.98.